The zero-order valence-electron chi connectivity index (χ0n) is 16.2. The number of nitrogens with zero attached hydrogens (tertiary/aromatic N) is 4. The molecule has 0 atom stereocenters. The molecule has 0 fully saturated rings. The molecular formula is C18H21FN6O3S. The van der Waals surface area contributed by atoms with Crippen LogP contribution in [0.25, 0.3) is 5.82 Å². The number of sulfonamides is 1. The highest BCUT2D eigenvalue weighted by molar-refractivity contribution is 7.89. The SMILES string of the molecule is COc1ccc(F)cc1S(=O)(=O)NCCNc1cc(-n2cnc(C)c2C)ncn1. The predicted octanol–water partition coefficient (Wildman–Crippen LogP) is 1.82. The van der Waals surface area contributed by atoms with Crippen molar-refractivity contribution in [3.05, 3.63) is 54.1 Å². The van der Waals surface area contributed by atoms with Crippen LogP contribution in [0.15, 0.2) is 41.8 Å². The molecule has 0 aliphatic heterocycles. The number of aromatic nitrogens is 4. The van der Waals surface area contributed by atoms with E-state index >= 15 is 0 Å². The molecule has 11 heteroatoms. The van der Waals surface area contributed by atoms with E-state index < -0.39 is 15.8 Å². The predicted molar refractivity (Wildman–Crippen MR) is 105 cm³/mol. The normalized spacial score (nSPS) is 11.4. The average molecular weight is 420 g/mol. The molecule has 9 nitrogen and oxygen atoms in total. The van der Waals surface area contributed by atoms with E-state index in [1.165, 1.54) is 19.5 Å². The van der Waals surface area contributed by atoms with Gasteiger partial charge in [-0.3, -0.25) is 4.57 Å². The molecule has 0 amide bonds. The zero-order valence-corrected chi connectivity index (χ0v) is 17.0. The number of nitrogens with one attached hydrogen (secondary N) is 2. The van der Waals surface area contributed by atoms with Crippen LogP contribution in [0.4, 0.5) is 10.2 Å². The fourth-order valence-electron chi connectivity index (χ4n) is 2.62. The lowest BCUT2D eigenvalue weighted by Crippen LogP contribution is -2.29. The first-order valence-corrected chi connectivity index (χ1v) is 10.2. The lowest BCUT2D eigenvalue weighted by molar-refractivity contribution is 0.400. The van der Waals surface area contributed by atoms with Crippen LogP contribution >= 0.6 is 0 Å². The second-order valence-electron chi connectivity index (χ2n) is 6.17. The number of imidazole rings is 1. The molecule has 2 aromatic heterocycles. The number of hydrogen-bond donors (Lipinski definition) is 2. The minimum atomic E-state index is -3.93. The summed E-state index contributed by atoms with van der Waals surface area (Å²) in [6, 6.07) is 5.05. The summed E-state index contributed by atoms with van der Waals surface area (Å²) in [7, 11) is -2.61. The van der Waals surface area contributed by atoms with Gasteiger partial charge in [0.15, 0.2) is 0 Å². The Morgan fingerprint density at radius 2 is 1.93 bits per heavy atom. The van der Waals surface area contributed by atoms with Crippen molar-refractivity contribution < 1.29 is 17.5 Å². The first kappa shape index (κ1) is 20.7. The molecule has 29 heavy (non-hydrogen) atoms. The largest absolute Gasteiger partial charge is 0.495 e. The standard InChI is InChI=1S/C18H21FN6O3S/c1-12-13(2)25(11-23-12)18-9-17(21-10-22-18)20-6-7-24-29(26,27)16-8-14(19)4-5-15(16)28-3/h4-5,8-11,24H,6-7H2,1-3H3,(H,20,21,22). The monoisotopic (exact) mass is 420 g/mol. The van der Waals surface area contributed by atoms with Gasteiger partial charge in [0, 0.05) is 24.8 Å². The third-order valence-corrected chi connectivity index (χ3v) is 5.77. The Hall–Kier alpha value is -3.05. The first-order valence-electron chi connectivity index (χ1n) is 8.72. The minimum absolute atomic E-state index is 0.0601. The van der Waals surface area contributed by atoms with Crippen molar-refractivity contribution in [1.82, 2.24) is 24.2 Å². The summed E-state index contributed by atoms with van der Waals surface area (Å²) in [4.78, 5) is 12.3. The van der Waals surface area contributed by atoms with Crippen LogP contribution in [0.1, 0.15) is 11.4 Å². The number of benzene rings is 1. The fraction of sp³-hybridized carbons (Fsp3) is 0.278. The van der Waals surface area contributed by atoms with Crippen LogP contribution in [0.5, 0.6) is 5.75 Å². The average Bonchev–Trinajstić information content (AvgIpc) is 3.04. The summed E-state index contributed by atoms with van der Waals surface area (Å²) < 4.78 is 47.6. The van der Waals surface area contributed by atoms with E-state index in [2.05, 4.69) is 25.0 Å². The molecule has 2 heterocycles. The second-order valence-corrected chi connectivity index (χ2v) is 7.90. The summed E-state index contributed by atoms with van der Waals surface area (Å²) in [5.41, 5.74) is 1.87. The maximum absolute atomic E-state index is 13.5. The Kier molecular flexibility index (Phi) is 6.09. The second kappa shape index (κ2) is 8.53. The molecule has 1 aromatic carbocycles. The minimum Gasteiger partial charge on any atom is -0.495 e. The Bertz CT molecular complexity index is 1120. The van der Waals surface area contributed by atoms with Gasteiger partial charge in [0.25, 0.3) is 0 Å². The molecule has 0 aliphatic rings. The van der Waals surface area contributed by atoms with Crippen molar-refractivity contribution in [2.75, 3.05) is 25.5 Å². The topological polar surface area (TPSA) is 111 Å². The van der Waals surface area contributed by atoms with Crippen molar-refractivity contribution in [3.63, 3.8) is 0 Å². The molecular weight excluding hydrogens is 399 g/mol. The van der Waals surface area contributed by atoms with Gasteiger partial charge in [0.2, 0.25) is 10.0 Å². The summed E-state index contributed by atoms with van der Waals surface area (Å²) in [6.07, 6.45) is 3.09. The van der Waals surface area contributed by atoms with Crippen LogP contribution < -0.4 is 14.8 Å². The maximum Gasteiger partial charge on any atom is 0.244 e. The Labute approximate surface area is 168 Å². The maximum atomic E-state index is 13.5. The molecule has 154 valence electrons. The van der Waals surface area contributed by atoms with Crippen LogP contribution in [0, 0.1) is 19.7 Å². The van der Waals surface area contributed by atoms with Gasteiger partial charge in [-0.2, -0.15) is 0 Å². The van der Waals surface area contributed by atoms with E-state index in [0.717, 1.165) is 23.5 Å². The molecule has 0 aliphatic carbocycles. The number of methoxy groups -OCH3 is 1. The van der Waals surface area contributed by atoms with Crippen molar-refractivity contribution in [3.8, 4) is 11.6 Å². The third kappa shape index (κ3) is 4.69. The van der Waals surface area contributed by atoms with Crippen molar-refractivity contribution >= 4 is 15.8 Å². The number of ether oxygens (including phenoxy) is 1. The Balaban J connectivity index is 1.63. The zero-order chi connectivity index (χ0) is 21.0. The van der Waals surface area contributed by atoms with E-state index in [9.17, 15) is 12.8 Å². The summed E-state index contributed by atoms with van der Waals surface area (Å²) >= 11 is 0. The number of aryl methyl sites for hydroxylation is 1. The molecule has 2 N–H and O–H groups in total. The highest BCUT2D eigenvalue weighted by Crippen LogP contribution is 2.24. The quantitative estimate of drug-likeness (QED) is 0.535. The van der Waals surface area contributed by atoms with Crippen molar-refractivity contribution in [1.29, 1.82) is 0 Å². The van der Waals surface area contributed by atoms with Gasteiger partial charge in [-0.15, -0.1) is 0 Å². The Morgan fingerprint density at radius 1 is 1.14 bits per heavy atom. The molecule has 0 saturated heterocycles. The summed E-state index contributed by atoms with van der Waals surface area (Å²) in [6.45, 7) is 4.17. The van der Waals surface area contributed by atoms with Gasteiger partial charge in [0.05, 0.1) is 12.8 Å². The lowest BCUT2D eigenvalue weighted by atomic mass is 10.3. The van der Waals surface area contributed by atoms with Gasteiger partial charge in [-0.25, -0.2) is 32.5 Å². The molecule has 0 bridgehead atoms. The van der Waals surface area contributed by atoms with E-state index in [1.54, 1.807) is 12.4 Å². The van der Waals surface area contributed by atoms with Gasteiger partial charge < -0.3 is 10.1 Å². The van der Waals surface area contributed by atoms with E-state index in [4.69, 9.17) is 4.74 Å². The fourth-order valence-corrected chi connectivity index (χ4v) is 3.83. The van der Waals surface area contributed by atoms with Crippen LogP contribution in [-0.4, -0.2) is 48.1 Å². The van der Waals surface area contributed by atoms with Gasteiger partial charge >= 0.3 is 0 Å². The smallest absolute Gasteiger partial charge is 0.244 e. The summed E-state index contributed by atoms with van der Waals surface area (Å²) in [5, 5.41) is 3.03. The molecule has 0 radical (unpaired) electrons. The van der Waals surface area contributed by atoms with Crippen molar-refractivity contribution in [2.45, 2.75) is 18.7 Å². The molecule has 0 unspecified atom stereocenters. The van der Waals surface area contributed by atoms with Gasteiger partial charge in [0.1, 0.15) is 40.8 Å². The first-order chi connectivity index (χ1) is 13.8. The Morgan fingerprint density at radius 3 is 2.62 bits per heavy atom. The van der Waals surface area contributed by atoms with Gasteiger partial charge in [-0.1, -0.05) is 0 Å². The van der Waals surface area contributed by atoms with Crippen LogP contribution in [0.3, 0.4) is 0 Å². The highest BCUT2D eigenvalue weighted by atomic mass is 32.2. The molecule has 0 spiro atoms. The lowest BCUT2D eigenvalue weighted by Gasteiger charge is -2.12. The molecule has 0 saturated carbocycles. The number of anilines is 1. The van der Waals surface area contributed by atoms with Crippen LogP contribution in [-0.2, 0) is 10.0 Å². The molecule has 3 rings (SSSR count). The number of halogens is 1. The van der Waals surface area contributed by atoms with Crippen LogP contribution in [0.2, 0.25) is 0 Å². The van der Waals surface area contributed by atoms with Gasteiger partial charge in [-0.05, 0) is 32.0 Å². The van der Waals surface area contributed by atoms with E-state index in [-0.39, 0.29) is 23.7 Å². The summed E-state index contributed by atoms with van der Waals surface area (Å²) in [5.74, 6) is 0.579. The number of rotatable bonds is 8. The third-order valence-electron chi connectivity index (χ3n) is 4.29. The number of hydrogen-bond acceptors (Lipinski definition) is 7. The van der Waals surface area contributed by atoms with E-state index in [1.807, 2.05) is 18.4 Å². The van der Waals surface area contributed by atoms with Crippen molar-refractivity contribution in [2.24, 2.45) is 0 Å². The van der Waals surface area contributed by atoms with E-state index in [0.29, 0.717) is 11.6 Å². The molecule has 3 aromatic rings. The highest BCUT2D eigenvalue weighted by Gasteiger charge is 2.19.